The van der Waals surface area contributed by atoms with Crippen molar-refractivity contribution < 1.29 is 17.9 Å². The first-order chi connectivity index (χ1) is 13.1. The van der Waals surface area contributed by atoms with Crippen LogP contribution in [0.1, 0.15) is 45.6 Å². The highest BCUT2D eigenvalue weighted by Gasteiger charge is 2.31. The third-order valence-electron chi connectivity index (χ3n) is 4.19. The van der Waals surface area contributed by atoms with Crippen LogP contribution in [0.5, 0.6) is 0 Å². The van der Waals surface area contributed by atoms with Gasteiger partial charge in [0, 0.05) is 30.9 Å². The van der Waals surface area contributed by atoms with Crippen LogP contribution >= 0.6 is 0 Å². The number of sulfonamides is 1. The summed E-state index contributed by atoms with van der Waals surface area (Å²) in [6, 6.07) is 6.61. The molecule has 28 heavy (non-hydrogen) atoms. The van der Waals surface area contributed by atoms with Gasteiger partial charge in [-0.05, 0) is 39.8 Å². The smallest absolute Gasteiger partial charge is 0.276 e. The molecule has 0 saturated carbocycles. The highest BCUT2D eigenvalue weighted by Crippen LogP contribution is 2.25. The predicted octanol–water partition coefficient (Wildman–Crippen LogP) is 3.26. The van der Waals surface area contributed by atoms with Gasteiger partial charge in [0.2, 0.25) is 0 Å². The van der Waals surface area contributed by atoms with Crippen LogP contribution in [-0.2, 0) is 19.5 Å². The lowest BCUT2D eigenvalue weighted by Gasteiger charge is -2.32. The Kier molecular flexibility index (Phi) is 7.64. The Labute approximate surface area is 168 Å². The average molecular weight is 407 g/mol. The summed E-state index contributed by atoms with van der Waals surface area (Å²) in [6.45, 7) is 9.78. The van der Waals surface area contributed by atoms with Crippen molar-refractivity contribution in [1.29, 1.82) is 0 Å². The molecule has 7 heteroatoms. The van der Waals surface area contributed by atoms with E-state index in [1.54, 1.807) is 24.3 Å². The van der Waals surface area contributed by atoms with Gasteiger partial charge in [-0.3, -0.25) is 0 Å². The zero-order valence-corrected chi connectivity index (χ0v) is 17.9. The van der Waals surface area contributed by atoms with E-state index in [-0.39, 0.29) is 10.3 Å². The van der Waals surface area contributed by atoms with Gasteiger partial charge in [0.25, 0.3) is 10.0 Å². The summed E-state index contributed by atoms with van der Waals surface area (Å²) in [7, 11) is -3.65. The molecule has 0 aliphatic carbocycles. The van der Waals surface area contributed by atoms with Gasteiger partial charge in [0.1, 0.15) is 5.60 Å². The van der Waals surface area contributed by atoms with E-state index in [0.29, 0.717) is 26.2 Å². The van der Waals surface area contributed by atoms with Crippen molar-refractivity contribution in [3.05, 3.63) is 29.8 Å². The highest BCUT2D eigenvalue weighted by atomic mass is 32.2. The second-order valence-electron chi connectivity index (χ2n) is 7.96. The molecule has 6 nitrogen and oxygen atoms in total. The number of benzene rings is 1. The van der Waals surface area contributed by atoms with Gasteiger partial charge in [-0.25, -0.2) is 4.83 Å². The fourth-order valence-corrected chi connectivity index (χ4v) is 3.37. The Balaban J connectivity index is 1.87. The first kappa shape index (κ1) is 22.4. The minimum absolute atomic E-state index is 0.0929. The van der Waals surface area contributed by atoms with Gasteiger partial charge in [-0.15, -0.1) is 0 Å². The van der Waals surface area contributed by atoms with Crippen molar-refractivity contribution in [3.63, 3.8) is 0 Å². The molecule has 1 saturated heterocycles. The van der Waals surface area contributed by atoms with Crippen LogP contribution in [0.15, 0.2) is 34.3 Å². The summed E-state index contributed by atoms with van der Waals surface area (Å²) >= 11 is 0. The van der Waals surface area contributed by atoms with Crippen molar-refractivity contribution in [2.45, 2.75) is 57.5 Å². The van der Waals surface area contributed by atoms with Crippen molar-refractivity contribution in [1.82, 2.24) is 4.83 Å². The minimum Gasteiger partial charge on any atom is -0.381 e. The van der Waals surface area contributed by atoms with Crippen LogP contribution in [0.2, 0.25) is 0 Å². The number of hydrogen-bond acceptors (Lipinski definition) is 5. The van der Waals surface area contributed by atoms with Crippen LogP contribution < -0.4 is 4.83 Å². The molecule has 0 amide bonds. The molecule has 1 aliphatic heterocycles. The predicted molar refractivity (Wildman–Crippen MR) is 111 cm³/mol. The van der Waals surface area contributed by atoms with E-state index in [9.17, 15) is 8.42 Å². The molecule has 1 aromatic carbocycles. The third-order valence-corrected chi connectivity index (χ3v) is 5.43. The Hall–Kier alpha value is -1.88. The quantitative estimate of drug-likeness (QED) is 0.326. The second kappa shape index (κ2) is 9.55. The number of ether oxygens (including phenoxy) is 2. The van der Waals surface area contributed by atoms with Crippen LogP contribution in [0.3, 0.4) is 0 Å². The molecule has 0 spiro atoms. The van der Waals surface area contributed by atoms with Crippen molar-refractivity contribution in [3.8, 4) is 11.8 Å². The fourth-order valence-electron chi connectivity index (χ4n) is 2.56. The Bertz CT molecular complexity index is 822. The molecule has 2 rings (SSSR count). The molecule has 1 aliphatic rings. The van der Waals surface area contributed by atoms with E-state index in [4.69, 9.17) is 9.47 Å². The van der Waals surface area contributed by atoms with E-state index in [1.165, 1.54) is 6.21 Å². The van der Waals surface area contributed by atoms with Gasteiger partial charge in [-0.2, -0.15) is 13.5 Å². The molecular weight excluding hydrogens is 376 g/mol. The van der Waals surface area contributed by atoms with Gasteiger partial charge in [0.15, 0.2) is 0 Å². The van der Waals surface area contributed by atoms with Crippen LogP contribution in [-0.4, -0.2) is 40.1 Å². The van der Waals surface area contributed by atoms with Crippen molar-refractivity contribution in [2.75, 3.05) is 19.8 Å². The number of nitrogens with one attached hydrogen (secondary N) is 1. The summed E-state index contributed by atoms with van der Waals surface area (Å²) < 4.78 is 35.8. The van der Waals surface area contributed by atoms with Crippen molar-refractivity contribution >= 4 is 16.2 Å². The number of aryl methyl sites for hydroxylation is 1. The summed E-state index contributed by atoms with van der Waals surface area (Å²) in [5.41, 5.74) is 0.404. The van der Waals surface area contributed by atoms with Crippen LogP contribution in [0.4, 0.5) is 0 Å². The van der Waals surface area contributed by atoms with Gasteiger partial charge < -0.3 is 9.47 Å². The molecule has 154 valence electrons. The molecule has 1 fully saturated rings. The molecule has 0 atom stereocenters. The van der Waals surface area contributed by atoms with Crippen LogP contribution in [0, 0.1) is 24.2 Å². The number of hydrogen-bond donors (Lipinski definition) is 1. The maximum atomic E-state index is 12.2. The average Bonchev–Trinajstić information content (AvgIpc) is 2.64. The monoisotopic (exact) mass is 406 g/mol. The topological polar surface area (TPSA) is 77.0 Å². The van der Waals surface area contributed by atoms with Gasteiger partial charge >= 0.3 is 0 Å². The van der Waals surface area contributed by atoms with Crippen molar-refractivity contribution in [2.24, 2.45) is 10.5 Å². The maximum Gasteiger partial charge on any atom is 0.276 e. The normalized spacial score (nSPS) is 17.1. The van der Waals surface area contributed by atoms with Crippen LogP contribution in [0.25, 0.3) is 0 Å². The molecule has 0 unspecified atom stereocenters. The molecule has 1 N–H and O–H groups in total. The molecule has 1 aromatic rings. The molecule has 0 aromatic heterocycles. The largest absolute Gasteiger partial charge is 0.381 e. The lowest BCUT2D eigenvalue weighted by Crippen LogP contribution is -2.38. The first-order valence-electron chi connectivity index (χ1n) is 9.48. The minimum atomic E-state index is -3.65. The molecule has 0 radical (unpaired) electrons. The Morgan fingerprint density at radius 2 is 1.89 bits per heavy atom. The van der Waals surface area contributed by atoms with E-state index in [1.807, 2.05) is 6.92 Å². The van der Waals surface area contributed by atoms with Gasteiger partial charge in [-0.1, -0.05) is 29.5 Å². The Morgan fingerprint density at radius 3 is 2.50 bits per heavy atom. The summed E-state index contributed by atoms with van der Waals surface area (Å²) in [5, 5.41) is 3.83. The molecular formula is C21H30N2O4S. The zero-order valence-electron chi connectivity index (χ0n) is 17.1. The molecule has 1 heterocycles. The summed E-state index contributed by atoms with van der Waals surface area (Å²) in [4.78, 5) is 2.41. The van der Waals surface area contributed by atoms with E-state index in [2.05, 4.69) is 42.5 Å². The SMILES string of the molecule is Cc1ccc(S(=O)(=O)N/N=C/CCOC2(C#CC(C)(C)C)CCOCC2)cc1. The van der Waals surface area contributed by atoms with E-state index < -0.39 is 15.6 Å². The van der Waals surface area contributed by atoms with E-state index in [0.717, 1.165) is 18.4 Å². The lowest BCUT2D eigenvalue weighted by molar-refractivity contribution is -0.0724. The van der Waals surface area contributed by atoms with E-state index >= 15 is 0 Å². The second-order valence-corrected chi connectivity index (χ2v) is 9.62. The Morgan fingerprint density at radius 1 is 1.25 bits per heavy atom. The highest BCUT2D eigenvalue weighted by molar-refractivity contribution is 7.89. The maximum absolute atomic E-state index is 12.2. The fraction of sp³-hybridized carbons (Fsp3) is 0.571. The third kappa shape index (κ3) is 7.27. The first-order valence-corrected chi connectivity index (χ1v) is 11.0. The van der Waals surface area contributed by atoms with Gasteiger partial charge in [0.05, 0.1) is 24.7 Å². The standard InChI is InChI=1S/C21H30N2O4S/c1-18-6-8-19(9-7-18)28(24,25)23-22-14-5-15-27-21(11-10-20(2,3)4)12-16-26-17-13-21/h6-9,14,23H,5,12-13,15-17H2,1-4H3/b22-14+. The zero-order chi connectivity index (χ0) is 20.7. The number of rotatable bonds is 7. The summed E-state index contributed by atoms with van der Waals surface area (Å²) in [5.74, 6) is 6.58. The number of hydrazone groups is 1. The summed E-state index contributed by atoms with van der Waals surface area (Å²) in [6.07, 6.45) is 3.45. The lowest BCUT2D eigenvalue weighted by atomic mass is 9.90. The number of nitrogens with zero attached hydrogens (tertiary/aromatic N) is 1. The molecule has 0 bridgehead atoms.